The number of hydrogen-bond donors (Lipinski definition) is 1. The highest BCUT2D eigenvalue weighted by Crippen LogP contribution is 2.24. The summed E-state index contributed by atoms with van der Waals surface area (Å²) in [6.45, 7) is 7.62. The second-order valence-corrected chi connectivity index (χ2v) is 7.99. The number of anilines is 1. The van der Waals surface area contributed by atoms with Crippen LogP contribution >= 0.6 is 0 Å². The summed E-state index contributed by atoms with van der Waals surface area (Å²) in [6.07, 6.45) is 0. The Morgan fingerprint density at radius 2 is 1.55 bits per heavy atom. The molecule has 0 aromatic heterocycles. The van der Waals surface area contributed by atoms with E-state index in [0.717, 1.165) is 11.3 Å². The molecule has 1 fully saturated rings. The largest absolute Gasteiger partial charge is 0.368 e. The van der Waals surface area contributed by atoms with Crippen molar-refractivity contribution in [3.63, 3.8) is 0 Å². The number of carbonyl (C=O) groups excluding carboxylic acids is 2. The fourth-order valence-corrected chi connectivity index (χ4v) is 3.51. The quantitative estimate of drug-likeness (QED) is 0.787. The zero-order chi connectivity index (χ0) is 21.0. The lowest BCUT2D eigenvalue weighted by molar-refractivity contribution is -0.149. The molecule has 0 spiro atoms. The van der Waals surface area contributed by atoms with E-state index in [1.54, 1.807) is 30.9 Å². The summed E-state index contributed by atoms with van der Waals surface area (Å²) in [4.78, 5) is 29.8. The van der Waals surface area contributed by atoms with Gasteiger partial charge in [0.05, 0.1) is 6.04 Å². The zero-order valence-electron chi connectivity index (χ0n) is 17.2. The molecule has 0 radical (unpaired) electrons. The standard InChI is InChI=1S/C23H28FN3O2/c1-17(18-7-5-4-6-8-18)25-21(28)23(2,3)22(29)27-15-13-26(14-16-27)20-11-9-19(24)10-12-20/h4-12,17H,13-16H2,1-3H3,(H,25,28). The number of nitrogens with zero attached hydrogens (tertiary/aromatic N) is 2. The smallest absolute Gasteiger partial charge is 0.237 e. The molecule has 5 nitrogen and oxygen atoms in total. The Balaban J connectivity index is 1.58. The Morgan fingerprint density at radius 3 is 2.14 bits per heavy atom. The minimum absolute atomic E-state index is 0.172. The number of piperazine rings is 1. The minimum Gasteiger partial charge on any atom is -0.368 e. The fourth-order valence-electron chi connectivity index (χ4n) is 3.51. The summed E-state index contributed by atoms with van der Waals surface area (Å²) in [7, 11) is 0. The lowest BCUT2D eigenvalue weighted by Gasteiger charge is -2.39. The molecule has 6 heteroatoms. The SMILES string of the molecule is CC(NC(=O)C(C)(C)C(=O)N1CCN(c2ccc(F)cc2)CC1)c1ccccc1. The summed E-state index contributed by atoms with van der Waals surface area (Å²) < 4.78 is 13.1. The molecular weight excluding hydrogens is 369 g/mol. The Labute approximate surface area is 171 Å². The molecule has 0 saturated carbocycles. The molecule has 1 N–H and O–H groups in total. The van der Waals surface area contributed by atoms with Crippen LogP contribution in [0.1, 0.15) is 32.4 Å². The third-order valence-corrected chi connectivity index (χ3v) is 5.51. The molecule has 29 heavy (non-hydrogen) atoms. The molecule has 0 aliphatic carbocycles. The van der Waals surface area contributed by atoms with Gasteiger partial charge >= 0.3 is 0 Å². The molecule has 154 valence electrons. The van der Waals surface area contributed by atoms with Crippen molar-refractivity contribution in [2.75, 3.05) is 31.1 Å². The number of amides is 2. The van der Waals surface area contributed by atoms with Crippen molar-refractivity contribution in [2.45, 2.75) is 26.8 Å². The number of carbonyl (C=O) groups is 2. The molecule has 1 saturated heterocycles. The van der Waals surface area contributed by atoms with Crippen LogP contribution in [0.3, 0.4) is 0 Å². The molecule has 2 aromatic carbocycles. The number of hydrogen-bond acceptors (Lipinski definition) is 3. The average Bonchev–Trinajstić information content (AvgIpc) is 2.74. The summed E-state index contributed by atoms with van der Waals surface area (Å²) in [6, 6.07) is 15.9. The summed E-state index contributed by atoms with van der Waals surface area (Å²) in [5.74, 6) is -0.714. The first kappa shape index (κ1) is 20.8. The number of benzene rings is 2. The van der Waals surface area contributed by atoms with Gasteiger partial charge in [0.15, 0.2) is 0 Å². The normalized spacial score (nSPS) is 15.7. The summed E-state index contributed by atoms with van der Waals surface area (Å²) in [5.41, 5.74) is 0.783. The van der Waals surface area contributed by atoms with Crippen LogP contribution in [-0.4, -0.2) is 42.9 Å². The van der Waals surface area contributed by atoms with E-state index in [1.807, 2.05) is 37.3 Å². The van der Waals surface area contributed by atoms with Crippen molar-refractivity contribution in [1.82, 2.24) is 10.2 Å². The Bertz CT molecular complexity index is 844. The maximum atomic E-state index is 13.1. The van der Waals surface area contributed by atoms with Crippen LogP contribution < -0.4 is 10.2 Å². The molecule has 1 unspecified atom stereocenters. The van der Waals surface area contributed by atoms with E-state index in [4.69, 9.17) is 0 Å². The van der Waals surface area contributed by atoms with Gasteiger partial charge in [-0.2, -0.15) is 0 Å². The summed E-state index contributed by atoms with van der Waals surface area (Å²) >= 11 is 0. The molecule has 0 bridgehead atoms. The molecule has 2 aromatic rings. The van der Waals surface area contributed by atoms with Crippen LogP contribution in [0.5, 0.6) is 0 Å². The third kappa shape index (κ3) is 4.75. The number of nitrogens with one attached hydrogen (secondary N) is 1. The molecule has 2 amide bonds. The molecule has 1 heterocycles. The van der Waals surface area contributed by atoms with Crippen LogP contribution in [-0.2, 0) is 9.59 Å². The van der Waals surface area contributed by atoms with Gasteiger partial charge in [-0.3, -0.25) is 9.59 Å². The Hall–Kier alpha value is -2.89. The lowest BCUT2D eigenvalue weighted by atomic mass is 9.89. The van der Waals surface area contributed by atoms with E-state index in [9.17, 15) is 14.0 Å². The first-order valence-electron chi connectivity index (χ1n) is 9.95. The van der Waals surface area contributed by atoms with E-state index in [1.165, 1.54) is 12.1 Å². The van der Waals surface area contributed by atoms with Crippen molar-refractivity contribution in [1.29, 1.82) is 0 Å². The predicted octanol–water partition coefficient (Wildman–Crippen LogP) is 3.38. The van der Waals surface area contributed by atoms with Crippen LogP contribution in [0.25, 0.3) is 0 Å². The van der Waals surface area contributed by atoms with Crippen molar-refractivity contribution in [2.24, 2.45) is 5.41 Å². The van der Waals surface area contributed by atoms with Gasteiger partial charge < -0.3 is 15.1 Å². The van der Waals surface area contributed by atoms with Crippen molar-refractivity contribution < 1.29 is 14.0 Å². The number of rotatable bonds is 5. The number of halogens is 1. The van der Waals surface area contributed by atoms with E-state index in [2.05, 4.69) is 10.2 Å². The van der Waals surface area contributed by atoms with E-state index in [-0.39, 0.29) is 23.7 Å². The second-order valence-electron chi connectivity index (χ2n) is 7.99. The first-order chi connectivity index (χ1) is 13.8. The molecule has 1 aliphatic rings. The molecule has 3 rings (SSSR count). The maximum absolute atomic E-state index is 13.1. The monoisotopic (exact) mass is 397 g/mol. The highest BCUT2D eigenvalue weighted by atomic mass is 19.1. The topological polar surface area (TPSA) is 52.7 Å². The Morgan fingerprint density at radius 1 is 0.966 bits per heavy atom. The van der Waals surface area contributed by atoms with Gasteiger partial charge in [0.2, 0.25) is 11.8 Å². The van der Waals surface area contributed by atoms with E-state index >= 15 is 0 Å². The zero-order valence-corrected chi connectivity index (χ0v) is 17.2. The molecule has 1 atom stereocenters. The van der Waals surface area contributed by atoms with Crippen molar-refractivity contribution in [3.05, 3.63) is 66.0 Å². The highest BCUT2D eigenvalue weighted by Gasteiger charge is 2.40. The van der Waals surface area contributed by atoms with Crippen molar-refractivity contribution in [3.8, 4) is 0 Å². The van der Waals surface area contributed by atoms with Gasteiger partial charge in [0.25, 0.3) is 0 Å². The van der Waals surface area contributed by atoms with Crippen molar-refractivity contribution >= 4 is 17.5 Å². The Kier molecular flexibility index (Phi) is 6.20. The van der Waals surface area contributed by atoms with Gasteiger partial charge in [-0.05, 0) is 50.6 Å². The third-order valence-electron chi connectivity index (χ3n) is 5.51. The lowest BCUT2D eigenvalue weighted by Crippen LogP contribution is -2.55. The highest BCUT2D eigenvalue weighted by molar-refractivity contribution is 6.04. The van der Waals surface area contributed by atoms with Gasteiger partial charge in [0.1, 0.15) is 11.2 Å². The predicted molar refractivity (Wildman–Crippen MR) is 112 cm³/mol. The van der Waals surface area contributed by atoms with E-state index < -0.39 is 5.41 Å². The average molecular weight is 397 g/mol. The fraction of sp³-hybridized carbons (Fsp3) is 0.391. The van der Waals surface area contributed by atoms with Gasteiger partial charge in [-0.15, -0.1) is 0 Å². The molecular formula is C23H28FN3O2. The molecule has 1 aliphatic heterocycles. The van der Waals surface area contributed by atoms with E-state index in [0.29, 0.717) is 26.2 Å². The van der Waals surface area contributed by atoms with Gasteiger partial charge in [-0.1, -0.05) is 30.3 Å². The van der Waals surface area contributed by atoms with Crippen LogP contribution in [0.4, 0.5) is 10.1 Å². The minimum atomic E-state index is -1.15. The van der Waals surface area contributed by atoms with Gasteiger partial charge in [-0.25, -0.2) is 4.39 Å². The van der Waals surface area contributed by atoms with Crippen LogP contribution in [0.15, 0.2) is 54.6 Å². The van der Waals surface area contributed by atoms with Crippen LogP contribution in [0.2, 0.25) is 0 Å². The van der Waals surface area contributed by atoms with Gasteiger partial charge in [0, 0.05) is 31.9 Å². The second kappa shape index (κ2) is 8.64. The van der Waals surface area contributed by atoms with Crippen LogP contribution in [0, 0.1) is 11.2 Å². The first-order valence-corrected chi connectivity index (χ1v) is 9.95. The maximum Gasteiger partial charge on any atom is 0.237 e. The summed E-state index contributed by atoms with van der Waals surface area (Å²) in [5, 5.41) is 2.96.